The van der Waals surface area contributed by atoms with E-state index in [-0.39, 0.29) is 0 Å². The van der Waals surface area contributed by atoms with Crippen molar-refractivity contribution >= 4 is 23.1 Å². The maximum absolute atomic E-state index is 5.71. The summed E-state index contributed by atoms with van der Waals surface area (Å²) in [4.78, 5) is 18.6. The summed E-state index contributed by atoms with van der Waals surface area (Å²) in [7, 11) is 2.24. The lowest BCUT2D eigenvalue weighted by atomic mass is 10.1. The molecule has 2 fully saturated rings. The molecule has 164 valence electrons. The zero-order chi connectivity index (χ0) is 21.7. The second-order valence-corrected chi connectivity index (χ2v) is 8.87. The third-order valence-electron chi connectivity index (χ3n) is 6.73. The molecule has 0 amide bonds. The van der Waals surface area contributed by atoms with E-state index in [0.29, 0.717) is 24.6 Å². The van der Waals surface area contributed by atoms with E-state index in [1.54, 1.807) is 6.20 Å². The molecule has 8 nitrogen and oxygen atoms in total. The molecule has 2 bridgehead atoms. The van der Waals surface area contributed by atoms with Crippen molar-refractivity contribution in [1.82, 2.24) is 19.9 Å². The normalized spacial score (nSPS) is 21.8. The molecule has 2 N–H and O–H groups in total. The molecular weight excluding hydrogens is 402 g/mol. The van der Waals surface area contributed by atoms with Crippen molar-refractivity contribution in [2.24, 2.45) is 0 Å². The lowest BCUT2D eigenvalue weighted by Crippen LogP contribution is -2.44. The van der Waals surface area contributed by atoms with Crippen LogP contribution in [0.5, 0.6) is 5.75 Å². The van der Waals surface area contributed by atoms with E-state index in [2.05, 4.69) is 62.6 Å². The highest BCUT2D eigenvalue weighted by Gasteiger charge is 2.41. The summed E-state index contributed by atoms with van der Waals surface area (Å²) < 4.78 is 5.71. The first kappa shape index (κ1) is 19.3. The molecular formula is C24H27N7O. The van der Waals surface area contributed by atoms with Gasteiger partial charge >= 0.3 is 0 Å². The Balaban J connectivity index is 1.21. The molecule has 0 saturated carbocycles. The first-order chi connectivity index (χ1) is 15.6. The van der Waals surface area contributed by atoms with Crippen molar-refractivity contribution in [2.75, 3.05) is 48.8 Å². The van der Waals surface area contributed by atoms with Crippen LogP contribution in [0.2, 0.25) is 0 Å². The fourth-order valence-electron chi connectivity index (χ4n) is 5.08. The van der Waals surface area contributed by atoms with Crippen molar-refractivity contribution in [3.8, 4) is 17.0 Å². The minimum atomic E-state index is 0.563. The molecule has 5 heterocycles. The van der Waals surface area contributed by atoms with Gasteiger partial charge in [0.1, 0.15) is 6.61 Å². The van der Waals surface area contributed by atoms with E-state index in [1.807, 2.05) is 18.3 Å². The van der Waals surface area contributed by atoms with Gasteiger partial charge in [0.05, 0.1) is 12.2 Å². The Hall–Kier alpha value is -3.39. The van der Waals surface area contributed by atoms with Crippen molar-refractivity contribution in [3.63, 3.8) is 0 Å². The van der Waals surface area contributed by atoms with Crippen molar-refractivity contribution in [1.29, 1.82) is 0 Å². The zero-order valence-corrected chi connectivity index (χ0v) is 18.4. The van der Waals surface area contributed by atoms with Gasteiger partial charge < -0.3 is 20.3 Å². The maximum atomic E-state index is 5.71. The van der Waals surface area contributed by atoms with E-state index in [4.69, 9.17) is 9.72 Å². The van der Waals surface area contributed by atoms with Gasteiger partial charge in [0, 0.05) is 54.5 Å². The number of piperazine rings is 1. The fourth-order valence-corrected chi connectivity index (χ4v) is 5.08. The van der Waals surface area contributed by atoms with Gasteiger partial charge in [0.15, 0.2) is 11.6 Å². The quantitative estimate of drug-likeness (QED) is 0.654. The van der Waals surface area contributed by atoms with Crippen LogP contribution >= 0.6 is 0 Å². The molecule has 2 unspecified atom stereocenters. The number of benzene rings is 1. The van der Waals surface area contributed by atoms with Crippen LogP contribution in [-0.4, -0.2) is 65.2 Å². The monoisotopic (exact) mass is 429 g/mol. The van der Waals surface area contributed by atoms with Gasteiger partial charge in [-0.05, 0) is 56.3 Å². The lowest BCUT2D eigenvalue weighted by Gasteiger charge is -2.34. The first-order valence-corrected chi connectivity index (χ1v) is 11.2. The molecule has 3 aromatic rings. The molecule has 2 aromatic heterocycles. The molecule has 8 heteroatoms. The lowest BCUT2D eigenvalue weighted by molar-refractivity contribution is 0.292. The molecule has 0 spiro atoms. The number of ether oxygens (including phenoxy) is 1. The predicted molar refractivity (Wildman–Crippen MR) is 126 cm³/mol. The number of hydrogen-bond donors (Lipinski definition) is 2. The van der Waals surface area contributed by atoms with Crippen LogP contribution in [0.4, 0.5) is 23.1 Å². The molecule has 3 aliphatic rings. The molecule has 1 aromatic carbocycles. The van der Waals surface area contributed by atoms with E-state index in [1.165, 1.54) is 17.7 Å². The highest BCUT2D eigenvalue weighted by Crippen LogP contribution is 2.36. The summed E-state index contributed by atoms with van der Waals surface area (Å²) >= 11 is 0. The van der Waals surface area contributed by atoms with Crippen LogP contribution in [0.15, 0.2) is 42.7 Å². The first-order valence-electron chi connectivity index (χ1n) is 11.2. The smallest absolute Gasteiger partial charge is 0.227 e. The van der Waals surface area contributed by atoms with Crippen LogP contribution < -0.4 is 20.3 Å². The molecule has 0 radical (unpaired) electrons. The van der Waals surface area contributed by atoms with Crippen molar-refractivity contribution in [2.45, 2.75) is 25.4 Å². The van der Waals surface area contributed by atoms with Gasteiger partial charge in [-0.1, -0.05) is 0 Å². The van der Waals surface area contributed by atoms with Crippen LogP contribution in [0.25, 0.3) is 11.3 Å². The number of aryl methyl sites for hydroxylation is 1. The Kier molecular flexibility index (Phi) is 4.61. The van der Waals surface area contributed by atoms with Crippen LogP contribution in [0.3, 0.4) is 0 Å². The topological polar surface area (TPSA) is 78.4 Å². The number of aromatic nitrogens is 3. The predicted octanol–water partition coefficient (Wildman–Crippen LogP) is 3.29. The number of rotatable bonds is 4. The second kappa shape index (κ2) is 7.63. The third-order valence-corrected chi connectivity index (χ3v) is 6.73. The SMILES string of the molecule is Cc1cc(Nc2nccc(-c3cnc4c(c3)OCCN4)n2)ccc1N1CC2CC1CN2C. The second-order valence-electron chi connectivity index (χ2n) is 8.87. The van der Waals surface area contributed by atoms with Crippen LogP contribution in [0, 0.1) is 6.92 Å². The highest BCUT2D eigenvalue weighted by molar-refractivity contribution is 5.68. The van der Waals surface area contributed by atoms with Gasteiger partial charge in [-0.25, -0.2) is 15.0 Å². The third kappa shape index (κ3) is 3.40. The Morgan fingerprint density at radius 3 is 2.88 bits per heavy atom. The number of likely N-dealkylation sites (N-methyl/N-ethyl adjacent to an activating group) is 1. The standard InChI is InChI=1S/C24H27N7O/c1-15-9-17(3-4-21(15)31-14-18-11-19(31)13-30(18)2)28-24-26-6-5-20(29-24)16-10-22-23(27-12-16)25-7-8-32-22/h3-6,9-10,12,18-19H,7-8,11,13-14H2,1-2H3,(H,25,27)(H,26,28,29). The van der Waals surface area contributed by atoms with E-state index >= 15 is 0 Å². The minimum Gasteiger partial charge on any atom is -0.488 e. The van der Waals surface area contributed by atoms with Gasteiger partial charge in [0.25, 0.3) is 0 Å². The van der Waals surface area contributed by atoms with Crippen molar-refractivity contribution in [3.05, 3.63) is 48.3 Å². The molecule has 2 saturated heterocycles. The van der Waals surface area contributed by atoms with Gasteiger partial charge in [-0.2, -0.15) is 0 Å². The summed E-state index contributed by atoms with van der Waals surface area (Å²) in [6, 6.07) is 11.7. The Labute approximate surface area is 187 Å². The summed E-state index contributed by atoms with van der Waals surface area (Å²) in [6.45, 7) is 5.87. The van der Waals surface area contributed by atoms with Crippen molar-refractivity contribution < 1.29 is 4.74 Å². The van der Waals surface area contributed by atoms with Gasteiger partial charge in [-0.15, -0.1) is 0 Å². The molecule has 32 heavy (non-hydrogen) atoms. The van der Waals surface area contributed by atoms with Gasteiger partial charge in [0.2, 0.25) is 5.95 Å². The minimum absolute atomic E-state index is 0.563. The number of nitrogens with one attached hydrogen (secondary N) is 2. The Bertz CT molecular complexity index is 1160. The summed E-state index contributed by atoms with van der Waals surface area (Å²) in [5, 5.41) is 6.60. The van der Waals surface area contributed by atoms with E-state index < -0.39 is 0 Å². The number of pyridine rings is 1. The maximum Gasteiger partial charge on any atom is 0.227 e. The summed E-state index contributed by atoms with van der Waals surface area (Å²) in [5.41, 5.74) is 5.29. The Morgan fingerprint density at radius 2 is 2.06 bits per heavy atom. The summed E-state index contributed by atoms with van der Waals surface area (Å²) in [5.74, 6) is 2.10. The number of anilines is 4. The molecule has 6 rings (SSSR count). The van der Waals surface area contributed by atoms with Crippen LogP contribution in [0.1, 0.15) is 12.0 Å². The largest absolute Gasteiger partial charge is 0.488 e. The average Bonchev–Trinajstić information content (AvgIpc) is 3.39. The Morgan fingerprint density at radius 1 is 1.12 bits per heavy atom. The van der Waals surface area contributed by atoms with Gasteiger partial charge in [-0.3, -0.25) is 4.90 Å². The van der Waals surface area contributed by atoms with E-state index in [0.717, 1.165) is 48.1 Å². The zero-order valence-electron chi connectivity index (χ0n) is 18.4. The molecule has 3 aliphatic heterocycles. The van der Waals surface area contributed by atoms with Crippen LogP contribution in [-0.2, 0) is 0 Å². The highest BCUT2D eigenvalue weighted by atomic mass is 16.5. The number of nitrogens with zero attached hydrogens (tertiary/aromatic N) is 5. The number of hydrogen-bond acceptors (Lipinski definition) is 8. The average molecular weight is 430 g/mol. The van der Waals surface area contributed by atoms with E-state index in [9.17, 15) is 0 Å². The summed E-state index contributed by atoms with van der Waals surface area (Å²) in [6.07, 6.45) is 4.85. The molecule has 0 aliphatic carbocycles. The number of fused-ring (bicyclic) bond motifs is 3. The fraction of sp³-hybridized carbons (Fsp3) is 0.375. The number of likely N-dealkylation sites (tertiary alicyclic amines) is 1. The molecule has 2 atom stereocenters.